The predicted octanol–water partition coefficient (Wildman–Crippen LogP) is 14.8. The average molecular weight is 925 g/mol. The van der Waals surface area contributed by atoms with Gasteiger partial charge in [0.05, 0.1) is 19.8 Å². The first-order valence-corrected chi connectivity index (χ1v) is 27.6. The van der Waals surface area contributed by atoms with E-state index in [1.54, 1.807) is 0 Å². The Bertz CT molecular complexity index is 1200. The van der Waals surface area contributed by atoms with Crippen molar-refractivity contribution in [1.29, 1.82) is 0 Å². The van der Waals surface area contributed by atoms with Crippen molar-refractivity contribution in [2.45, 2.75) is 251 Å². The summed E-state index contributed by atoms with van der Waals surface area (Å²) in [7, 11) is -4.64. The zero-order chi connectivity index (χ0) is 46.9. The van der Waals surface area contributed by atoms with Gasteiger partial charge in [0.25, 0.3) is 0 Å². The Morgan fingerprint density at radius 2 is 0.828 bits per heavy atom. The van der Waals surface area contributed by atoms with Crippen molar-refractivity contribution in [3.8, 4) is 0 Å². The number of allylic oxidation sites excluding steroid dienone is 8. The fourth-order valence-electron chi connectivity index (χ4n) is 7.22. The summed E-state index contributed by atoms with van der Waals surface area (Å²) in [6, 6.07) is 0. The molecule has 11 heteroatoms. The molecule has 0 rings (SSSR count). The SMILES string of the molecule is CCCCCCCCC/C=C/C/C=C/C/C=C/C/C=C/CCCC(=O)O[C@H](COC(=O)CCCCCCCCCCCCCCCCCCCCCC)COP(=O)(O)OC[C@@H](O)CO. The van der Waals surface area contributed by atoms with Crippen LogP contribution in [0.2, 0.25) is 0 Å². The van der Waals surface area contributed by atoms with Gasteiger partial charge in [-0.3, -0.25) is 18.6 Å². The van der Waals surface area contributed by atoms with Crippen molar-refractivity contribution in [1.82, 2.24) is 0 Å². The van der Waals surface area contributed by atoms with E-state index in [9.17, 15) is 24.2 Å². The average Bonchev–Trinajstić information content (AvgIpc) is 3.28. The van der Waals surface area contributed by atoms with E-state index >= 15 is 0 Å². The van der Waals surface area contributed by atoms with Crippen LogP contribution in [0.4, 0.5) is 0 Å². The Labute approximate surface area is 392 Å². The highest BCUT2D eigenvalue weighted by molar-refractivity contribution is 7.47. The van der Waals surface area contributed by atoms with Gasteiger partial charge in [0, 0.05) is 12.8 Å². The number of carbonyl (C=O) groups excluding carboxylic acids is 2. The van der Waals surface area contributed by atoms with E-state index in [0.717, 1.165) is 38.5 Å². The first-order valence-electron chi connectivity index (χ1n) is 26.1. The largest absolute Gasteiger partial charge is 0.472 e. The van der Waals surface area contributed by atoms with Crippen molar-refractivity contribution in [2.75, 3.05) is 26.4 Å². The fourth-order valence-corrected chi connectivity index (χ4v) is 8.01. The minimum atomic E-state index is -4.64. The van der Waals surface area contributed by atoms with Crippen LogP contribution in [-0.2, 0) is 32.7 Å². The fraction of sp³-hybridized carbons (Fsp3) is 0.811. The van der Waals surface area contributed by atoms with Crippen LogP contribution in [0.5, 0.6) is 0 Å². The number of hydrogen-bond acceptors (Lipinski definition) is 9. The second kappa shape index (κ2) is 48.9. The Morgan fingerprint density at radius 1 is 0.469 bits per heavy atom. The minimum Gasteiger partial charge on any atom is -0.462 e. The highest BCUT2D eigenvalue weighted by Gasteiger charge is 2.27. The molecular formula is C53H97O10P. The van der Waals surface area contributed by atoms with Crippen molar-refractivity contribution < 1.29 is 47.8 Å². The van der Waals surface area contributed by atoms with E-state index in [4.69, 9.17) is 23.6 Å². The summed E-state index contributed by atoms with van der Waals surface area (Å²) in [5.41, 5.74) is 0. The molecule has 0 heterocycles. The van der Waals surface area contributed by atoms with E-state index in [0.29, 0.717) is 19.3 Å². The van der Waals surface area contributed by atoms with Gasteiger partial charge in [-0.25, -0.2) is 4.57 Å². The van der Waals surface area contributed by atoms with Gasteiger partial charge >= 0.3 is 19.8 Å². The summed E-state index contributed by atoms with van der Waals surface area (Å²) in [6.07, 6.45) is 55.2. The number of aliphatic hydroxyl groups excluding tert-OH is 2. The molecule has 0 aromatic heterocycles. The van der Waals surface area contributed by atoms with Crippen LogP contribution >= 0.6 is 7.82 Å². The maximum Gasteiger partial charge on any atom is 0.472 e. The molecule has 0 bridgehead atoms. The van der Waals surface area contributed by atoms with Gasteiger partial charge in [0.1, 0.15) is 12.7 Å². The van der Waals surface area contributed by atoms with Crippen molar-refractivity contribution in [3.63, 3.8) is 0 Å². The molecule has 0 aromatic rings. The second-order valence-corrected chi connectivity index (χ2v) is 19.0. The lowest BCUT2D eigenvalue weighted by Gasteiger charge is -2.20. The third-order valence-electron chi connectivity index (χ3n) is 11.2. The Hall–Kier alpha value is -2.07. The van der Waals surface area contributed by atoms with Crippen LogP contribution < -0.4 is 0 Å². The number of aliphatic hydroxyl groups is 2. The van der Waals surface area contributed by atoms with Crippen LogP contribution in [0.3, 0.4) is 0 Å². The third kappa shape index (κ3) is 47.9. The van der Waals surface area contributed by atoms with Gasteiger partial charge in [-0.2, -0.15) is 0 Å². The molecule has 0 amide bonds. The van der Waals surface area contributed by atoms with Crippen LogP contribution in [0.15, 0.2) is 48.6 Å². The van der Waals surface area contributed by atoms with Crippen LogP contribution in [0.1, 0.15) is 239 Å². The number of phosphoric acid groups is 1. The molecule has 0 radical (unpaired) electrons. The first-order chi connectivity index (χ1) is 31.2. The van der Waals surface area contributed by atoms with E-state index < -0.39 is 51.8 Å². The minimum absolute atomic E-state index is 0.109. The Morgan fingerprint density at radius 3 is 1.27 bits per heavy atom. The van der Waals surface area contributed by atoms with Gasteiger partial charge in [-0.05, 0) is 51.4 Å². The molecule has 374 valence electrons. The molecule has 3 N–H and O–H groups in total. The lowest BCUT2D eigenvalue weighted by molar-refractivity contribution is -0.161. The maximum absolute atomic E-state index is 12.7. The highest BCUT2D eigenvalue weighted by Crippen LogP contribution is 2.43. The number of ether oxygens (including phenoxy) is 2. The standard InChI is InChI=1S/C53H97O10P/c1-3-5-7-9-11-13-15-17-19-21-23-25-27-29-31-33-35-37-39-41-43-45-53(57)63-51(49-62-64(58,59)61-47-50(55)46-54)48-60-52(56)44-42-40-38-36-34-32-30-28-26-24-22-20-18-16-14-12-10-8-6-4-2/h19,21,25,27,31,33,37,39,50-51,54-55H,3-18,20,22-24,26,28-30,32,34-36,38,40-49H2,1-2H3,(H,58,59)/b21-19+,27-25+,33-31+,39-37+/t50-,51+/m0/s1. The first kappa shape index (κ1) is 61.9. The van der Waals surface area contributed by atoms with Gasteiger partial charge in [-0.15, -0.1) is 0 Å². The number of carbonyl (C=O) groups is 2. The number of esters is 2. The molecule has 0 aliphatic carbocycles. The molecule has 3 atom stereocenters. The predicted molar refractivity (Wildman–Crippen MR) is 265 cm³/mol. The Balaban J connectivity index is 4.25. The van der Waals surface area contributed by atoms with E-state index in [-0.39, 0.29) is 19.4 Å². The smallest absolute Gasteiger partial charge is 0.462 e. The molecular weight excluding hydrogens is 828 g/mol. The summed E-state index contributed by atoms with van der Waals surface area (Å²) in [5.74, 6) is -0.981. The van der Waals surface area contributed by atoms with Gasteiger partial charge < -0.3 is 24.6 Å². The molecule has 1 unspecified atom stereocenters. The summed E-state index contributed by atoms with van der Waals surface area (Å²) in [4.78, 5) is 35.2. The van der Waals surface area contributed by atoms with Crippen molar-refractivity contribution in [3.05, 3.63) is 48.6 Å². The van der Waals surface area contributed by atoms with Crippen molar-refractivity contribution in [2.24, 2.45) is 0 Å². The zero-order valence-corrected chi connectivity index (χ0v) is 41.9. The summed E-state index contributed by atoms with van der Waals surface area (Å²) in [5, 5.41) is 18.4. The lowest BCUT2D eigenvalue weighted by atomic mass is 10.0. The third-order valence-corrected chi connectivity index (χ3v) is 12.2. The number of rotatable bonds is 49. The van der Waals surface area contributed by atoms with Crippen LogP contribution in [0, 0.1) is 0 Å². The summed E-state index contributed by atoms with van der Waals surface area (Å²) >= 11 is 0. The molecule has 64 heavy (non-hydrogen) atoms. The number of unbranched alkanes of at least 4 members (excludes halogenated alkanes) is 27. The molecule has 0 spiro atoms. The molecule has 0 saturated carbocycles. The van der Waals surface area contributed by atoms with E-state index in [1.165, 1.54) is 154 Å². The molecule has 10 nitrogen and oxygen atoms in total. The number of phosphoric ester groups is 1. The zero-order valence-electron chi connectivity index (χ0n) is 41.0. The quantitative estimate of drug-likeness (QED) is 0.0233. The maximum atomic E-state index is 12.7. The van der Waals surface area contributed by atoms with Crippen LogP contribution in [0.25, 0.3) is 0 Å². The molecule has 0 fully saturated rings. The molecule has 0 aromatic carbocycles. The van der Waals surface area contributed by atoms with Crippen molar-refractivity contribution >= 4 is 19.8 Å². The second-order valence-electron chi connectivity index (χ2n) is 17.6. The molecule has 0 aliphatic heterocycles. The van der Waals surface area contributed by atoms with Crippen LogP contribution in [-0.4, -0.2) is 65.7 Å². The monoisotopic (exact) mass is 925 g/mol. The number of hydrogen-bond donors (Lipinski definition) is 3. The molecule has 0 saturated heterocycles. The highest BCUT2D eigenvalue weighted by atomic mass is 31.2. The van der Waals surface area contributed by atoms with Gasteiger partial charge in [0.15, 0.2) is 6.10 Å². The summed E-state index contributed by atoms with van der Waals surface area (Å²) in [6.45, 7) is 2.36. The summed E-state index contributed by atoms with van der Waals surface area (Å²) < 4.78 is 32.8. The van der Waals surface area contributed by atoms with Gasteiger partial charge in [-0.1, -0.05) is 223 Å². The molecule has 0 aliphatic rings. The topological polar surface area (TPSA) is 149 Å². The normalized spacial score (nSPS) is 14.0. The lowest BCUT2D eigenvalue weighted by Crippen LogP contribution is -2.29. The van der Waals surface area contributed by atoms with Gasteiger partial charge in [0.2, 0.25) is 0 Å². The Kier molecular flexibility index (Phi) is 47.3. The van der Waals surface area contributed by atoms with E-state index in [1.807, 2.05) is 6.08 Å². The van der Waals surface area contributed by atoms with E-state index in [2.05, 4.69) is 56.4 Å².